The number of fused-ring (bicyclic) bond motifs is 44. The maximum absolute atomic E-state index is 2.62. The molecule has 0 amide bonds. The molecule has 128 heavy (non-hydrogen) atoms. The zero-order valence-electron chi connectivity index (χ0n) is 77.7. The molecule has 7 aliphatic carbocycles. The quantitative estimate of drug-likeness (QED) is 0.164. The second-order valence-corrected chi connectivity index (χ2v) is 57.9. The monoisotopic (exact) mass is 1990 g/mol. The van der Waals surface area contributed by atoms with Crippen LogP contribution in [0.15, 0.2) is 209 Å². The number of hydrogen-bond donors (Lipinski definition) is 0. The first-order valence-corrected chi connectivity index (χ1v) is 62.7. The molecule has 0 radical (unpaired) electrons. The second-order valence-electron chi connectivity index (χ2n) is 37.2. The molecule has 4 aromatic carbocycles. The number of rotatable bonds is 0. The van der Waals surface area contributed by atoms with E-state index < -0.39 is 0 Å². The average molecular weight is 2000 g/mol. The number of benzene rings is 4. The maximum atomic E-state index is 2.62. The molecule has 0 fully saturated rings. The lowest BCUT2D eigenvalue weighted by molar-refractivity contribution is 0.553. The van der Waals surface area contributed by atoms with Crippen LogP contribution in [0, 0.1) is 0 Å². The zero-order valence-corrected chi connectivity index (χ0v) is 90.8. The summed E-state index contributed by atoms with van der Waals surface area (Å²) in [6.45, 7) is 19.8. The summed E-state index contributed by atoms with van der Waals surface area (Å²) in [6.07, 6.45) is 62.4. The molecule has 0 aromatic heterocycles. The molecule has 0 spiro atoms. The van der Waals surface area contributed by atoms with Crippen molar-refractivity contribution in [2.45, 2.75) is 364 Å². The summed E-state index contributed by atoms with van der Waals surface area (Å²) in [5, 5.41) is 0. The Morgan fingerprint density at radius 2 is 0.203 bits per heavy atom. The Balaban J connectivity index is 0.934. The minimum atomic E-state index is 1.15. The fourth-order valence-corrected chi connectivity index (χ4v) is 42.7. The van der Waals surface area contributed by atoms with Crippen LogP contribution >= 0.6 is 188 Å². The summed E-state index contributed by atoms with van der Waals surface area (Å²) in [5.41, 5.74) is 21.9. The Morgan fingerprint density at radius 3 is 0.297 bits per heavy atom. The molecule has 0 unspecified atom stereocenters. The summed E-state index contributed by atoms with van der Waals surface area (Å²) in [6, 6.07) is 41.9. The minimum absolute atomic E-state index is 1.15. The van der Waals surface area contributed by atoms with Crippen molar-refractivity contribution in [1.29, 1.82) is 0 Å². The molecule has 680 valence electrons. The Bertz CT molecular complexity index is 4290. The molecule has 32 bridgehead atoms. The highest BCUT2D eigenvalue weighted by Gasteiger charge is 2.38. The van der Waals surface area contributed by atoms with E-state index in [1.54, 1.807) is 39.2 Å². The van der Waals surface area contributed by atoms with Gasteiger partial charge in [0.05, 0.1) is 33.9 Å². The largest absolute Gasteiger partial charge is 0.0860 e. The van der Waals surface area contributed by atoms with Gasteiger partial charge in [-0.3, -0.25) is 0 Å². The van der Waals surface area contributed by atoms with Gasteiger partial charge in [0, 0.05) is 44.6 Å². The van der Waals surface area contributed by atoms with Crippen LogP contribution in [0.2, 0.25) is 0 Å². The first-order chi connectivity index (χ1) is 62.8. The third-order valence-electron chi connectivity index (χ3n) is 27.5. The molecule has 4 aromatic rings. The van der Waals surface area contributed by atoms with E-state index >= 15 is 0 Å². The number of thioether (sulfide) groups is 16. The molecule has 0 atom stereocenters. The van der Waals surface area contributed by atoms with E-state index in [-0.39, 0.29) is 0 Å². The van der Waals surface area contributed by atoms with Gasteiger partial charge in [-0.1, -0.05) is 491 Å². The van der Waals surface area contributed by atoms with Crippen LogP contribution in [0.4, 0.5) is 0 Å². The summed E-state index contributed by atoms with van der Waals surface area (Å²) < 4.78 is 11.6. The fraction of sp³-hybridized carbons (Fsp3) is 0.500. The lowest BCUT2D eigenvalue weighted by atomic mass is 9.88. The van der Waals surface area contributed by atoms with E-state index in [0.717, 1.165) is 51.4 Å². The molecule has 0 saturated carbocycles. The van der Waals surface area contributed by atoms with Gasteiger partial charge >= 0.3 is 0 Å². The summed E-state index contributed by atoms with van der Waals surface area (Å²) in [7, 11) is 0. The highest BCUT2D eigenvalue weighted by Crippen LogP contribution is 2.68. The smallest absolute Gasteiger partial charge is 0.0577 e. The highest BCUT2D eigenvalue weighted by molar-refractivity contribution is 8.32. The van der Waals surface area contributed by atoms with Gasteiger partial charge < -0.3 is 0 Å². The Morgan fingerprint density at radius 1 is 0.117 bits per heavy atom. The molecule has 0 nitrogen and oxygen atoms in total. The van der Waals surface area contributed by atoms with E-state index in [9.17, 15) is 0 Å². The SMILES string of the molecule is CC1=C2CCCCCCCCCCCCC3=C(C)S/C(=C4\C5=C6/SC(C)=C(CCCCCCCCCCCCC7=C(C)S/C(=C(\C8=C9/SC(C)=C(CCCCCCCCCCCCC%10=C(C)S/C(=C(\C%11=C%12/SC(C)=C(CCCCCCCCCCCCC%13=C(C)S/C(=C(\C(=C(/S1)S2)c1ccc4cc1)c1ccc%11cc1)S%13)S%12)c1ccc8cc1)S%10)S9)c1ccc5cc1)S7)S6)S3. The topological polar surface area (TPSA) is 0 Å². The Hall–Kier alpha value is -1.68. The van der Waals surface area contributed by atoms with Gasteiger partial charge in [-0.05, 0) is 281 Å². The predicted octanol–water partition coefficient (Wildman–Crippen LogP) is 44.6. The van der Waals surface area contributed by atoms with Gasteiger partial charge in [0.15, 0.2) is 0 Å². The molecule has 0 N–H and O–H groups in total. The third kappa shape index (κ3) is 25.1. The second kappa shape index (κ2) is 49.2. The zero-order chi connectivity index (χ0) is 87.7. The summed E-state index contributed by atoms with van der Waals surface area (Å²) in [4.78, 5) is 24.7. The molecule has 27 rings (SSSR count). The van der Waals surface area contributed by atoms with Crippen molar-refractivity contribution in [3.8, 4) is 0 Å². The highest BCUT2D eigenvalue weighted by atomic mass is 32.2. The van der Waals surface area contributed by atoms with Crippen LogP contribution in [0.5, 0.6) is 0 Å². The van der Waals surface area contributed by atoms with E-state index in [1.807, 2.05) is 0 Å². The predicted molar refractivity (Wildman–Crippen MR) is 606 cm³/mol. The van der Waals surface area contributed by atoms with Crippen molar-refractivity contribution in [3.05, 3.63) is 254 Å². The first kappa shape index (κ1) is 97.9. The molecule has 16 heteroatoms. The van der Waals surface area contributed by atoms with E-state index in [1.165, 1.54) is 419 Å². The molecular formula is C112H136S16. The van der Waals surface area contributed by atoms with Gasteiger partial charge in [0.2, 0.25) is 0 Å². The van der Waals surface area contributed by atoms with E-state index in [2.05, 4.69) is 341 Å². The van der Waals surface area contributed by atoms with Crippen molar-refractivity contribution in [3.63, 3.8) is 0 Å². The van der Waals surface area contributed by atoms with Crippen molar-refractivity contribution < 1.29 is 0 Å². The van der Waals surface area contributed by atoms with Crippen LogP contribution in [-0.4, -0.2) is 0 Å². The van der Waals surface area contributed by atoms with Gasteiger partial charge in [-0.25, -0.2) is 0 Å². The van der Waals surface area contributed by atoms with Gasteiger partial charge in [0.25, 0.3) is 0 Å². The average Bonchev–Trinajstić information content (AvgIpc) is 1.53. The molecular weight excluding hydrogens is 1860 g/mol. The molecule has 0 saturated heterocycles. The number of allylic oxidation sites excluding steroid dienone is 24. The minimum Gasteiger partial charge on any atom is -0.0860 e. The summed E-state index contributed by atoms with van der Waals surface area (Å²) >= 11 is 33.8. The third-order valence-corrected chi connectivity index (χ3v) is 49.3. The lowest BCUT2D eigenvalue weighted by Gasteiger charge is -2.23. The summed E-state index contributed by atoms with van der Waals surface area (Å²) in [5.74, 6) is 0. The Kier molecular flexibility index (Phi) is 37.7. The molecule has 16 aliphatic heterocycles. The van der Waals surface area contributed by atoms with Crippen molar-refractivity contribution >= 4 is 233 Å². The van der Waals surface area contributed by atoms with Crippen LogP contribution in [0.25, 0.3) is 44.6 Å². The number of hydrogen-bond acceptors (Lipinski definition) is 16. The van der Waals surface area contributed by atoms with Gasteiger partial charge in [0.1, 0.15) is 0 Å². The van der Waals surface area contributed by atoms with Crippen molar-refractivity contribution in [1.82, 2.24) is 0 Å². The fourth-order valence-electron chi connectivity index (χ4n) is 19.9. The van der Waals surface area contributed by atoms with Crippen molar-refractivity contribution in [2.75, 3.05) is 0 Å². The first-order valence-electron chi connectivity index (χ1n) is 49.6. The van der Waals surface area contributed by atoms with Crippen LogP contribution in [0.3, 0.4) is 0 Å². The van der Waals surface area contributed by atoms with Crippen LogP contribution in [-0.2, 0) is 0 Å². The normalized spacial score (nSPS) is 27.8. The lowest BCUT2D eigenvalue weighted by Crippen LogP contribution is -2.00. The molecule has 16 heterocycles. The standard InChI is InChI=1S/C112H136S16/c1-73-89-49-41-33-25-17-9-10-18-26-35-43-51-91-75(3)115-107(123-91)99-83-59-57-81(58-60-83)97(105(113-73)121-89)98-82-61-63-84(64-62-82)100(108-116-76(4)92(124-108)52-44-36-28-20-12-11-19-27-34-42-50-90-74(2)114-106(98)122-90)102-86-69-71-88(72-70-86)104(112-120-80(8)96(128-112)56-48-40-32-24-16-15-22-30-38-46-54-94-78(6)118-110(102)126-94)103-87-67-65-85(66-68-87)101(99)109-117-77(5)93(125-109)53-45-37-29-21-13-14-23-31-39-47-55-95-79(7)119-111(103)127-95/h57-72H,9-56H2,1-8H3/b105-97+,106-98+,107-99+,108-100+,109-101+,110-102+,111-103+,112-104+. The van der Waals surface area contributed by atoms with Gasteiger partial charge in [-0.15, -0.1) is 0 Å². The van der Waals surface area contributed by atoms with Crippen LogP contribution in [0.1, 0.15) is 408 Å². The molecule has 23 aliphatic rings. The van der Waals surface area contributed by atoms with E-state index in [0.29, 0.717) is 0 Å². The maximum Gasteiger partial charge on any atom is 0.0577 e. The van der Waals surface area contributed by atoms with Crippen LogP contribution < -0.4 is 0 Å². The van der Waals surface area contributed by atoms with Crippen molar-refractivity contribution in [2.24, 2.45) is 0 Å². The van der Waals surface area contributed by atoms with E-state index in [4.69, 9.17) is 0 Å². The Labute approximate surface area is 841 Å². The van der Waals surface area contributed by atoms with Gasteiger partial charge in [-0.2, -0.15) is 0 Å².